The Morgan fingerprint density at radius 1 is 1.30 bits per heavy atom. The zero-order valence-electron chi connectivity index (χ0n) is 15.8. The summed E-state index contributed by atoms with van der Waals surface area (Å²) in [5.41, 5.74) is 0.132. The van der Waals surface area contributed by atoms with Crippen molar-refractivity contribution in [2.45, 2.75) is 44.2 Å². The van der Waals surface area contributed by atoms with Crippen LogP contribution in [0.25, 0.3) is 0 Å². The molecule has 1 aliphatic carbocycles. The highest BCUT2D eigenvalue weighted by Gasteiger charge is 2.41. The first-order chi connectivity index (χ1) is 13.2. The molecule has 3 fully saturated rings. The van der Waals surface area contributed by atoms with Gasteiger partial charge in [-0.2, -0.15) is 11.8 Å². The van der Waals surface area contributed by atoms with E-state index in [-0.39, 0.29) is 23.3 Å². The number of carbonyl (C=O) groups excluding carboxylic acids is 2. The fourth-order valence-electron chi connectivity index (χ4n) is 4.76. The van der Waals surface area contributed by atoms with E-state index < -0.39 is 0 Å². The van der Waals surface area contributed by atoms with Gasteiger partial charge in [0.05, 0.1) is 18.7 Å². The average molecular weight is 392 g/mol. The molecule has 3 aliphatic rings. The molecule has 1 saturated carbocycles. The lowest BCUT2D eigenvalue weighted by Gasteiger charge is -2.43. The van der Waals surface area contributed by atoms with Gasteiger partial charge in [-0.15, -0.1) is 0 Å². The van der Waals surface area contributed by atoms with Crippen molar-refractivity contribution in [2.24, 2.45) is 5.92 Å². The van der Waals surface area contributed by atoms with Crippen LogP contribution in [0, 0.1) is 5.92 Å². The summed E-state index contributed by atoms with van der Waals surface area (Å²) in [7, 11) is 0. The highest BCUT2D eigenvalue weighted by molar-refractivity contribution is 7.99. The molecule has 0 bridgehead atoms. The van der Waals surface area contributed by atoms with E-state index in [2.05, 4.69) is 10.2 Å². The van der Waals surface area contributed by atoms with E-state index in [0.717, 1.165) is 25.4 Å². The molecule has 1 aromatic rings. The van der Waals surface area contributed by atoms with Gasteiger partial charge in [-0.05, 0) is 25.0 Å². The smallest absolute Gasteiger partial charge is 0.225 e. The Bertz CT molecular complexity index is 651. The van der Waals surface area contributed by atoms with Crippen molar-refractivity contribution in [1.82, 2.24) is 15.1 Å². The quantitative estimate of drug-likeness (QED) is 0.805. The van der Waals surface area contributed by atoms with Crippen molar-refractivity contribution in [3.63, 3.8) is 0 Å². The van der Waals surface area contributed by atoms with Crippen LogP contribution in [0.2, 0.25) is 0 Å². The third-order valence-corrected chi connectivity index (χ3v) is 7.26. The van der Waals surface area contributed by atoms with Crippen LogP contribution in [0.1, 0.15) is 37.9 Å². The molecular formula is C20H29N3O3S. The van der Waals surface area contributed by atoms with Crippen molar-refractivity contribution in [3.8, 4) is 0 Å². The second kappa shape index (κ2) is 8.27. The lowest BCUT2D eigenvalue weighted by molar-refractivity contribution is -0.129. The summed E-state index contributed by atoms with van der Waals surface area (Å²) in [5.74, 6) is 2.96. The predicted molar refractivity (Wildman–Crippen MR) is 105 cm³/mol. The highest BCUT2D eigenvalue weighted by Crippen LogP contribution is 2.36. The molecule has 27 heavy (non-hydrogen) atoms. The van der Waals surface area contributed by atoms with E-state index in [0.29, 0.717) is 19.5 Å². The molecule has 148 valence electrons. The van der Waals surface area contributed by atoms with Gasteiger partial charge >= 0.3 is 0 Å². The standard InChI is InChI=1S/C20H29N3O3S/c24-18-12-16(13-22(18)14-17-4-3-9-26-17)19(25)21-15-20(5-1-2-6-20)23-7-10-27-11-8-23/h3-4,9,16H,1-2,5-8,10-15H2,(H,21,25). The van der Waals surface area contributed by atoms with Crippen LogP contribution in [0.3, 0.4) is 0 Å². The predicted octanol–water partition coefficient (Wildman–Crippen LogP) is 2.11. The van der Waals surface area contributed by atoms with Crippen LogP contribution in [0.15, 0.2) is 22.8 Å². The Morgan fingerprint density at radius 3 is 2.78 bits per heavy atom. The number of thioether (sulfide) groups is 1. The molecule has 0 radical (unpaired) electrons. The number of amides is 2. The summed E-state index contributed by atoms with van der Waals surface area (Å²) in [5, 5.41) is 3.21. The van der Waals surface area contributed by atoms with Crippen LogP contribution < -0.4 is 5.32 Å². The summed E-state index contributed by atoms with van der Waals surface area (Å²) >= 11 is 2.02. The fraction of sp³-hybridized carbons (Fsp3) is 0.700. The molecule has 7 heteroatoms. The van der Waals surface area contributed by atoms with Gasteiger partial charge < -0.3 is 14.6 Å². The van der Waals surface area contributed by atoms with Crippen LogP contribution in [-0.4, -0.2) is 64.8 Å². The van der Waals surface area contributed by atoms with Gasteiger partial charge in [0.1, 0.15) is 5.76 Å². The Morgan fingerprint density at radius 2 is 2.07 bits per heavy atom. The summed E-state index contributed by atoms with van der Waals surface area (Å²) in [6.45, 7) is 3.90. The van der Waals surface area contributed by atoms with Gasteiger partial charge in [-0.1, -0.05) is 12.8 Å². The van der Waals surface area contributed by atoms with Gasteiger partial charge in [-0.25, -0.2) is 0 Å². The summed E-state index contributed by atoms with van der Waals surface area (Å²) in [4.78, 5) is 29.4. The molecule has 2 amide bonds. The van der Waals surface area contributed by atoms with Gasteiger partial charge in [-0.3, -0.25) is 14.5 Å². The fourth-order valence-corrected chi connectivity index (χ4v) is 5.67. The maximum absolute atomic E-state index is 12.8. The molecule has 0 aromatic carbocycles. The van der Waals surface area contributed by atoms with Crippen LogP contribution in [0.4, 0.5) is 0 Å². The van der Waals surface area contributed by atoms with E-state index in [1.807, 2.05) is 23.9 Å². The minimum atomic E-state index is -0.247. The van der Waals surface area contributed by atoms with E-state index in [1.54, 1.807) is 11.2 Å². The normalized spacial score (nSPS) is 25.9. The maximum atomic E-state index is 12.8. The van der Waals surface area contributed by atoms with E-state index in [4.69, 9.17) is 4.42 Å². The van der Waals surface area contributed by atoms with Gasteiger partial charge in [0, 0.05) is 49.6 Å². The third-order valence-electron chi connectivity index (χ3n) is 6.32. The zero-order valence-corrected chi connectivity index (χ0v) is 16.6. The molecule has 2 aliphatic heterocycles. The minimum absolute atomic E-state index is 0.0305. The van der Waals surface area contributed by atoms with Crippen LogP contribution in [-0.2, 0) is 16.1 Å². The molecule has 6 nitrogen and oxygen atoms in total. The van der Waals surface area contributed by atoms with E-state index in [9.17, 15) is 9.59 Å². The number of likely N-dealkylation sites (tertiary alicyclic amines) is 1. The molecule has 2 saturated heterocycles. The van der Waals surface area contributed by atoms with Crippen molar-refractivity contribution in [3.05, 3.63) is 24.2 Å². The van der Waals surface area contributed by atoms with E-state index in [1.165, 1.54) is 37.2 Å². The Kier molecular flexibility index (Phi) is 5.78. The van der Waals surface area contributed by atoms with Crippen molar-refractivity contribution >= 4 is 23.6 Å². The average Bonchev–Trinajstić information content (AvgIpc) is 3.44. The molecule has 4 rings (SSSR count). The summed E-state index contributed by atoms with van der Waals surface area (Å²) in [6, 6.07) is 3.68. The lowest BCUT2D eigenvalue weighted by atomic mass is 9.94. The molecule has 1 aromatic heterocycles. The lowest BCUT2D eigenvalue weighted by Crippen LogP contribution is -2.57. The van der Waals surface area contributed by atoms with Gasteiger partial charge in [0.15, 0.2) is 0 Å². The van der Waals surface area contributed by atoms with Crippen LogP contribution >= 0.6 is 11.8 Å². The van der Waals surface area contributed by atoms with Gasteiger partial charge in [0.2, 0.25) is 11.8 Å². The number of furan rings is 1. The SMILES string of the molecule is O=C(NCC1(N2CCSCC2)CCCC1)C1CC(=O)N(Cc2ccco2)C1. The van der Waals surface area contributed by atoms with Crippen molar-refractivity contribution < 1.29 is 14.0 Å². The number of carbonyl (C=O) groups is 2. The van der Waals surface area contributed by atoms with Gasteiger partial charge in [0.25, 0.3) is 0 Å². The largest absolute Gasteiger partial charge is 0.467 e. The number of rotatable bonds is 6. The zero-order chi connectivity index (χ0) is 18.7. The molecule has 1 N–H and O–H groups in total. The van der Waals surface area contributed by atoms with Crippen LogP contribution in [0.5, 0.6) is 0 Å². The summed E-state index contributed by atoms with van der Waals surface area (Å²) < 4.78 is 5.33. The Labute approximate surface area is 165 Å². The maximum Gasteiger partial charge on any atom is 0.225 e. The number of hydrogen-bond donors (Lipinski definition) is 1. The first-order valence-electron chi connectivity index (χ1n) is 10.1. The monoisotopic (exact) mass is 391 g/mol. The number of nitrogens with zero attached hydrogens (tertiary/aromatic N) is 2. The molecule has 0 spiro atoms. The number of nitrogens with one attached hydrogen (secondary N) is 1. The molecule has 1 atom stereocenters. The number of hydrogen-bond acceptors (Lipinski definition) is 5. The summed E-state index contributed by atoms with van der Waals surface area (Å²) in [6.07, 6.45) is 6.76. The van der Waals surface area contributed by atoms with Crippen molar-refractivity contribution in [1.29, 1.82) is 0 Å². The second-order valence-electron chi connectivity index (χ2n) is 8.00. The second-order valence-corrected chi connectivity index (χ2v) is 9.23. The Balaban J connectivity index is 1.32. The third kappa shape index (κ3) is 4.19. The first kappa shape index (κ1) is 18.9. The molecule has 1 unspecified atom stereocenters. The molecular weight excluding hydrogens is 362 g/mol. The first-order valence-corrected chi connectivity index (χ1v) is 11.2. The minimum Gasteiger partial charge on any atom is -0.467 e. The highest BCUT2D eigenvalue weighted by atomic mass is 32.2. The van der Waals surface area contributed by atoms with E-state index >= 15 is 0 Å². The topological polar surface area (TPSA) is 65.8 Å². The molecule has 3 heterocycles. The Hall–Kier alpha value is -1.47. The van der Waals surface area contributed by atoms with Crippen molar-refractivity contribution in [2.75, 3.05) is 37.7 Å².